The third-order valence-corrected chi connectivity index (χ3v) is 4.21. The fourth-order valence-corrected chi connectivity index (χ4v) is 3.05. The average Bonchev–Trinajstić information content (AvgIpc) is 2.83. The highest BCUT2D eigenvalue weighted by molar-refractivity contribution is 7.99. The van der Waals surface area contributed by atoms with Gasteiger partial charge in [0.2, 0.25) is 0 Å². The zero-order valence-corrected chi connectivity index (χ0v) is 11.4. The van der Waals surface area contributed by atoms with E-state index in [1.807, 2.05) is 29.3 Å². The Labute approximate surface area is 111 Å². The van der Waals surface area contributed by atoms with Crippen LogP contribution in [0.1, 0.15) is 24.2 Å². The Morgan fingerprint density at radius 2 is 2.00 bits per heavy atom. The molecule has 0 saturated carbocycles. The molecule has 0 bridgehead atoms. The maximum atomic E-state index is 10.1. The number of thiophene rings is 1. The van der Waals surface area contributed by atoms with Crippen LogP contribution in [0.15, 0.2) is 46.0 Å². The van der Waals surface area contributed by atoms with Crippen molar-refractivity contribution < 1.29 is 5.11 Å². The summed E-state index contributed by atoms with van der Waals surface area (Å²) in [6, 6.07) is 10.3. The first-order valence-corrected chi connectivity index (χ1v) is 7.64. The van der Waals surface area contributed by atoms with E-state index in [0.29, 0.717) is 6.42 Å². The molecule has 0 saturated heterocycles. The van der Waals surface area contributed by atoms with Crippen molar-refractivity contribution in [1.29, 1.82) is 0 Å². The lowest BCUT2D eigenvalue weighted by Gasteiger charge is -2.10. The van der Waals surface area contributed by atoms with Gasteiger partial charge in [-0.25, -0.2) is 0 Å². The molecule has 1 aromatic heterocycles. The molecule has 2 rings (SSSR count). The van der Waals surface area contributed by atoms with Gasteiger partial charge in [-0.05, 0) is 45.8 Å². The molecule has 1 heterocycles. The monoisotopic (exact) mass is 264 g/mol. The van der Waals surface area contributed by atoms with Crippen molar-refractivity contribution in [2.24, 2.45) is 0 Å². The Balaban J connectivity index is 2.01. The van der Waals surface area contributed by atoms with Crippen LogP contribution in [-0.2, 0) is 6.42 Å². The van der Waals surface area contributed by atoms with E-state index in [-0.39, 0.29) is 0 Å². The Morgan fingerprint density at radius 1 is 1.24 bits per heavy atom. The quantitative estimate of drug-likeness (QED) is 0.819. The van der Waals surface area contributed by atoms with E-state index < -0.39 is 6.10 Å². The first-order chi connectivity index (χ1) is 8.29. The van der Waals surface area contributed by atoms with Gasteiger partial charge in [0.15, 0.2) is 0 Å². The standard InChI is InChI=1S/C14H16OS2/c1-2-17-13-5-3-12(4-6-13)14(15)9-11-7-8-16-10-11/h3-8,10,14-15H,2,9H2,1H3. The van der Waals surface area contributed by atoms with E-state index in [1.165, 1.54) is 10.5 Å². The Hall–Kier alpha value is -0.770. The summed E-state index contributed by atoms with van der Waals surface area (Å²) in [5, 5.41) is 14.2. The van der Waals surface area contributed by atoms with Crippen LogP contribution in [0, 0.1) is 0 Å². The van der Waals surface area contributed by atoms with Crippen molar-refractivity contribution in [3.05, 3.63) is 52.2 Å². The Kier molecular flexibility index (Phi) is 4.66. The van der Waals surface area contributed by atoms with E-state index in [0.717, 1.165) is 11.3 Å². The molecule has 3 heteroatoms. The van der Waals surface area contributed by atoms with Gasteiger partial charge in [0.05, 0.1) is 6.10 Å². The van der Waals surface area contributed by atoms with E-state index in [4.69, 9.17) is 0 Å². The minimum Gasteiger partial charge on any atom is -0.388 e. The molecule has 0 aliphatic rings. The summed E-state index contributed by atoms with van der Waals surface area (Å²) >= 11 is 3.49. The second kappa shape index (κ2) is 6.24. The highest BCUT2D eigenvalue weighted by atomic mass is 32.2. The van der Waals surface area contributed by atoms with Gasteiger partial charge in [-0.2, -0.15) is 11.3 Å². The summed E-state index contributed by atoms with van der Waals surface area (Å²) in [5.74, 6) is 1.08. The van der Waals surface area contributed by atoms with E-state index >= 15 is 0 Å². The van der Waals surface area contributed by atoms with Crippen molar-refractivity contribution in [2.75, 3.05) is 5.75 Å². The fourth-order valence-electron chi connectivity index (χ4n) is 1.70. The zero-order valence-electron chi connectivity index (χ0n) is 9.80. The third kappa shape index (κ3) is 3.60. The molecular formula is C14H16OS2. The van der Waals surface area contributed by atoms with Gasteiger partial charge in [0, 0.05) is 11.3 Å². The molecule has 90 valence electrons. The van der Waals surface area contributed by atoms with Crippen LogP contribution in [0.2, 0.25) is 0 Å². The van der Waals surface area contributed by atoms with Gasteiger partial charge in [-0.1, -0.05) is 19.1 Å². The molecule has 0 amide bonds. The molecule has 0 aliphatic carbocycles. The second-order valence-corrected chi connectivity index (χ2v) is 5.97. The smallest absolute Gasteiger partial charge is 0.0830 e. The van der Waals surface area contributed by atoms with Crippen LogP contribution in [0.5, 0.6) is 0 Å². The lowest BCUT2D eigenvalue weighted by molar-refractivity contribution is 0.178. The highest BCUT2D eigenvalue weighted by Gasteiger charge is 2.08. The van der Waals surface area contributed by atoms with Crippen LogP contribution in [0.3, 0.4) is 0 Å². The molecule has 1 unspecified atom stereocenters. The van der Waals surface area contributed by atoms with Crippen LogP contribution < -0.4 is 0 Å². The first kappa shape index (κ1) is 12.7. The molecule has 0 aliphatic heterocycles. The average molecular weight is 264 g/mol. The predicted octanol–water partition coefficient (Wildman–Crippen LogP) is 4.14. The molecule has 0 spiro atoms. The minimum atomic E-state index is -0.398. The molecular weight excluding hydrogens is 248 g/mol. The van der Waals surface area contributed by atoms with Crippen molar-refractivity contribution in [2.45, 2.75) is 24.3 Å². The van der Waals surface area contributed by atoms with Gasteiger partial charge >= 0.3 is 0 Å². The summed E-state index contributed by atoms with van der Waals surface area (Å²) in [6.45, 7) is 2.14. The van der Waals surface area contributed by atoms with Gasteiger partial charge in [-0.3, -0.25) is 0 Å². The van der Waals surface area contributed by atoms with Crippen molar-refractivity contribution in [1.82, 2.24) is 0 Å². The SMILES string of the molecule is CCSc1ccc(C(O)Cc2ccsc2)cc1. The minimum absolute atomic E-state index is 0.398. The maximum absolute atomic E-state index is 10.1. The highest BCUT2D eigenvalue weighted by Crippen LogP contribution is 2.23. The molecule has 1 nitrogen and oxygen atoms in total. The zero-order chi connectivity index (χ0) is 12.1. The van der Waals surface area contributed by atoms with Gasteiger partial charge in [0.1, 0.15) is 0 Å². The number of benzene rings is 1. The molecule has 0 fully saturated rings. The topological polar surface area (TPSA) is 20.2 Å². The number of thioether (sulfide) groups is 1. The number of hydrogen-bond donors (Lipinski definition) is 1. The van der Waals surface area contributed by atoms with Crippen molar-refractivity contribution in [3.8, 4) is 0 Å². The lowest BCUT2D eigenvalue weighted by atomic mass is 10.0. The van der Waals surface area contributed by atoms with Crippen LogP contribution in [0.4, 0.5) is 0 Å². The van der Waals surface area contributed by atoms with Gasteiger partial charge in [-0.15, -0.1) is 11.8 Å². The van der Waals surface area contributed by atoms with E-state index in [9.17, 15) is 5.11 Å². The number of aliphatic hydroxyl groups is 1. The number of hydrogen-bond acceptors (Lipinski definition) is 3. The Morgan fingerprint density at radius 3 is 2.59 bits per heavy atom. The number of rotatable bonds is 5. The molecule has 2 aromatic rings. The Bertz CT molecular complexity index is 434. The maximum Gasteiger partial charge on any atom is 0.0830 e. The molecule has 1 aromatic carbocycles. The summed E-state index contributed by atoms with van der Waals surface area (Å²) in [6.07, 6.45) is 0.300. The number of aliphatic hydroxyl groups excluding tert-OH is 1. The van der Waals surface area contributed by atoms with Crippen LogP contribution in [-0.4, -0.2) is 10.9 Å². The largest absolute Gasteiger partial charge is 0.388 e. The van der Waals surface area contributed by atoms with Gasteiger partial charge in [0.25, 0.3) is 0 Å². The summed E-state index contributed by atoms with van der Waals surface area (Å²) in [7, 11) is 0. The summed E-state index contributed by atoms with van der Waals surface area (Å²) in [5.41, 5.74) is 2.20. The summed E-state index contributed by atoms with van der Waals surface area (Å²) < 4.78 is 0. The molecule has 17 heavy (non-hydrogen) atoms. The van der Waals surface area contributed by atoms with Gasteiger partial charge < -0.3 is 5.11 Å². The van der Waals surface area contributed by atoms with Crippen molar-refractivity contribution >= 4 is 23.1 Å². The van der Waals surface area contributed by atoms with Crippen molar-refractivity contribution in [3.63, 3.8) is 0 Å². The first-order valence-electron chi connectivity index (χ1n) is 5.71. The van der Waals surface area contributed by atoms with Crippen LogP contribution >= 0.6 is 23.1 Å². The van der Waals surface area contributed by atoms with Crippen LogP contribution in [0.25, 0.3) is 0 Å². The fraction of sp³-hybridized carbons (Fsp3) is 0.286. The molecule has 1 N–H and O–H groups in total. The molecule has 0 radical (unpaired) electrons. The third-order valence-electron chi connectivity index (χ3n) is 2.59. The van der Waals surface area contributed by atoms with E-state index in [2.05, 4.69) is 30.5 Å². The normalized spacial score (nSPS) is 12.6. The van der Waals surface area contributed by atoms with E-state index in [1.54, 1.807) is 11.3 Å². The predicted molar refractivity (Wildman–Crippen MR) is 75.8 cm³/mol. The molecule has 1 atom stereocenters. The second-order valence-electron chi connectivity index (χ2n) is 3.85. The summed E-state index contributed by atoms with van der Waals surface area (Å²) in [4.78, 5) is 1.26. The lowest BCUT2D eigenvalue weighted by Crippen LogP contribution is -2.00.